The van der Waals surface area contributed by atoms with Crippen LogP contribution >= 0.6 is 0 Å². The lowest BCUT2D eigenvalue weighted by atomic mass is 9.76. The molecular weight excluding hydrogens is 1440 g/mol. The average molecular weight is 1580 g/mol. The van der Waals surface area contributed by atoms with Crippen molar-refractivity contribution in [3.05, 3.63) is 142 Å². The van der Waals surface area contributed by atoms with Crippen LogP contribution in [0.25, 0.3) is 22.1 Å². The lowest BCUT2D eigenvalue weighted by molar-refractivity contribution is 0.356. The first-order valence-electron chi connectivity index (χ1n) is 46.8. The van der Waals surface area contributed by atoms with Gasteiger partial charge in [0.15, 0.2) is 0 Å². The van der Waals surface area contributed by atoms with Crippen LogP contribution in [-0.2, 0) is 0 Å². The molecule has 0 atom stereocenters. The summed E-state index contributed by atoms with van der Waals surface area (Å²) in [5.41, 5.74) is 12.1. The molecule has 0 unspecified atom stereocenters. The van der Waals surface area contributed by atoms with Crippen molar-refractivity contribution in [2.45, 2.75) is 386 Å². The Morgan fingerprint density at radius 1 is 0.219 bits per heavy atom. The number of para-hydroxylation sites is 4. The molecule has 1 aliphatic carbocycles. The Morgan fingerprint density at radius 3 is 0.596 bits per heavy atom. The van der Waals surface area contributed by atoms with E-state index in [0.29, 0.717) is 23.5 Å². The lowest BCUT2D eigenvalue weighted by Gasteiger charge is -2.39. The highest BCUT2D eigenvalue weighted by Crippen LogP contribution is 2.59. The molecule has 2 aromatic heterocycles. The summed E-state index contributed by atoms with van der Waals surface area (Å²) in [4.78, 5) is 21.6. The Bertz CT molecular complexity index is 3870. The Hall–Kier alpha value is -7.17. The van der Waals surface area contributed by atoms with Gasteiger partial charge in [0, 0.05) is 117 Å². The Morgan fingerprint density at radius 2 is 0.404 bits per heavy atom. The maximum Gasteiger partial charge on any atom is 0.460 e. The first-order valence-corrected chi connectivity index (χ1v) is 51.3. The van der Waals surface area contributed by atoms with Crippen LogP contribution in [0.4, 0.5) is 0 Å². The molecule has 20 rings (SSSR count). The van der Waals surface area contributed by atoms with E-state index in [4.69, 9.17) is 56.6 Å². The van der Waals surface area contributed by atoms with Gasteiger partial charge in [0.1, 0.15) is 46.0 Å². The molecule has 6 aromatic carbocycles. The number of hydrogen-bond acceptors (Lipinski definition) is 12. The standard InChI is InChI=1S/C100H140N4O8Si2/c1-9-17-21-25-29-33-37-41-45-53-73-77-65-81-75(55-47-43-39-35-31-27-23-19-11-3)83-67-79-74(54-46-42-38-34-30-26-22-18-10-2)80-68-84(96-72-92(80)108-100-99(103-87-59-51-52-60-88(87)104-100)107-91(79)71-95(83)111-114(112-96,63-15-7)64-16-8)76(56-48-44-40-36-32-28-24-20-12-4)82-66-78(73)90-70-94(82)110-113(61-13-5,62-14-6)109-93(81)69-89(77)105-97-98(106-90)102-86-58-50-49-57-85(86)101-97/h49-52,57-60,65-76H,9-48,53-56,61-64H2,1-8H3. The molecule has 0 saturated heterocycles. The van der Waals surface area contributed by atoms with E-state index in [2.05, 4.69) is 104 Å². The van der Waals surface area contributed by atoms with Crippen LogP contribution in [0, 0.1) is 0 Å². The summed E-state index contributed by atoms with van der Waals surface area (Å²) in [5, 5.41) is 0. The zero-order valence-electron chi connectivity index (χ0n) is 71.5. The van der Waals surface area contributed by atoms with E-state index in [1.807, 2.05) is 48.5 Å². The number of rotatable bonds is 48. The monoisotopic (exact) mass is 1580 g/mol. The number of aromatic nitrogens is 4. The van der Waals surface area contributed by atoms with Crippen LogP contribution < -0.4 is 36.7 Å². The fraction of sp³-hybridized carbons (Fsp3) is 0.600. The first-order chi connectivity index (χ1) is 56.1. The zero-order valence-corrected chi connectivity index (χ0v) is 73.5. The van der Waals surface area contributed by atoms with Gasteiger partial charge < -0.3 is 36.7 Å². The Labute approximate surface area is 688 Å². The molecule has 16 bridgehead atoms. The van der Waals surface area contributed by atoms with E-state index in [1.54, 1.807) is 0 Å². The van der Waals surface area contributed by atoms with Crippen LogP contribution in [0.15, 0.2) is 97.1 Å². The molecule has 0 radical (unpaired) electrons. The van der Waals surface area contributed by atoms with Crippen LogP contribution in [0.3, 0.4) is 0 Å². The van der Waals surface area contributed by atoms with Gasteiger partial charge in [-0.05, 0) is 74.2 Å². The number of fused-ring (bicyclic) bond motifs is 4. The SMILES string of the molecule is CCCCCCCCCCCC1c2cc3c4cc2Oc2nc5ccccc5nc2Oc2cc(c(cc21)C(CCCCCCCCCCC)c1cc2c5cc1O[Si](CCC)(CCC)Oc1cc(c(cc1C3CCCCCCCCCCC)C2CCCCCCCCCCC)Oc1nc2ccccc2nc1O5)O[Si](CCC)(CCC)O4. The van der Waals surface area contributed by atoms with E-state index in [0.717, 1.165) is 239 Å². The van der Waals surface area contributed by atoms with Gasteiger partial charge in [-0.3, -0.25) is 0 Å². The maximum absolute atomic E-state index is 8.50. The maximum atomic E-state index is 8.50. The normalized spacial score (nSPS) is 17.1. The summed E-state index contributed by atoms with van der Waals surface area (Å²) in [6, 6.07) is 38.9. The second-order valence-corrected chi connectivity index (χ2v) is 41.1. The number of hydrogen-bond donors (Lipinski definition) is 0. The second kappa shape index (κ2) is 42.8. The zero-order chi connectivity index (χ0) is 78.9. The van der Waals surface area contributed by atoms with E-state index in [1.165, 1.54) is 180 Å². The smallest absolute Gasteiger partial charge is 0.460 e. The molecule has 616 valence electrons. The highest BCUT2D eigenvalue weighted by molar-refractivity contribution is 6.69. The van der Waals surface area contributed by atoms with Crippen molar-refractivity contribution in [1.29, 1.82) is 0 Å². The summed E-state index contributed by atoms with van der Waals surface area (Å²) < 4.78 is 64.8. The van der Waals surface area contributed by atoms with Gasteiger partial charge in [0.2, 0.25) is 0 Å². The van der Waals surface area contributed by atoms with Crippen molar-refractivity contribution in [3.8, 4) is 69.5 Å². The summed E-state index contributed by atoms with van der Waals surface area (Å²) in [5.74, 6) is 6.69. The highest BCUT2D eigenvalue weighted by atomic mass is 28.4. The molecule has 13 heterocycles. The molecule has 8 aromatic rings. The summed E-state index contributed by atoms with van der Waals surface area (Å²) in [7, 11) is -6.86. The minimum atomic E-state index is -3.43. The van der Waals surface area contributed by atoms with E-state index in [9.17, 15) is 0 Å². The summed E-state index contributed by atoms with van der Waals surface area (Å²) >= 11 is 0. The molecule has 12 nitrogen and oxygen atoms in total. The molecule has 12 aliphatic rings. The first kappa shape index (κ1) is 84.7. The summed E-state index contributed by atoms with van der Waals surface area (Å²) in [6.07, 6.45) is 51.0. The fourth-order valence-corrected chi connectivity index (χ4v) is 26.2. The van der Waals surface area contributed by atoms with Crippen molar-refractivity contribution in [3.63, 3.8) is 0 Å². The van der Waals surface area contributed by atoms with Gasteiger partial charge in [-0.15, -0.1) is 0 Å². The van der Waals surface area contributed by atoms with E-state index in [-0.39, 0.29) is 23.7 Å². The molecule has 11 aliphatic heterocycles. The number of unbranched alkanes of at least 4 members (excludes halogenated alkanes) is 32. The van der Waals surface area contributed by atoms with Gasteiger partial charge >= 0.3 is 17.1 Å². The predicted molar refractivity (Wildman–Crippen MR) is 474 cm³/mol. The number of benzene rings is 6. The third kappa shape index (κ3) is 21.2. The Balaban J connectivity index is 1.14. The van der Waals surface area contributed by atoms with Crippen molar-refractivity contribution in [2.24, 2.45) is 0 Å². The average Bonchev–Trinajstić information content (AvgIpc) is 1.23. The highest BCUT2D eigenvalue weighted by Gasteiger charge is 2.48. The third-order valence-electron chi connectivity index (χ3n) is 25.5. The molecule has 0 spiro atoms. The second-order valence-electron chi connectivity index (χ2n) is 34.7. The van der Waals surface area contributed by atoms with Gasteiger partial charge in [0.05, 0.1) is 22.1 Å². The minimum Gasteiger partial charge on any atom is -0.511 e. The lowest BCUT2D eigenvalue weighted by Crippen LogP contribution is -2.49. The van der Waals surface area contributed by atoms with Crippen molar-refractivity contribution >= 4 is 39.2 Å². The van der Waals surface area contributed by atoms with Gasteiger partial charge in [0.25, 0.3) is 23.5 Å². The number of ether oxygens (including phenoxy) is 4. The van der Waals surface area contributed by atoms with Gasteiger partial charge in [-0.25, -0.2) is 19.9 Å². The Kier molecular flexibility index (Phi) is 31.8. The van der Waals surface area contributed by atoms with E-state index < -0.39 is 17.1 Å². The largest absolute Gasteiger partial charge is 0.511 e. The van der Waals surface area contributed by atoms with Crippen LogP contribution in [0.2, 0.25) is 24.2 Å². The molecule has 0 N–H and O–H groups in total. The van der Waals surface area contributed by atoms with E-state index >= 15 is 0 Å². The van der Waals surface area contributed by atoms with Crippen LogP contribution in [0.1, 0.15) is 406 Å². The molecule has 114 heavy (non-hydrogen) atoms. The van der Waals surface area contributed by atoms with Crippen molar-refractivity contribution in [2.75, 3.05) is 0 Å². The topological polar surface area (TPSA) is 125 Å². The van der Waals surface area contributed by atoms with Crippen LogP contribution in [-0.4, -0.2) is 37.1 Å². The molecule has 0 amide bonds. The van der Waals surface area contributed by atoms with Crippen molar-refractivity contribution < 1.29 is 36.7 Å². The molecule has 14 heteroatoms. The van der Waals surface area contributed by atoms with Crippen LogP contribution in [0.5, 0.6) is 69.5 Å². The predicted octanol–water partition coefficient (Wildman–Crippen LogP) is 32.0. The molecule has 0 fully saturated rings. The molecule has 0 saturated carbocycles. The minimum absolute atomic E-state index is 0.193. The third-order valence-corrected chi connectivity index (χ3v) is 32.9. The summed E-state index contributed by atoms with van der Waals surface area (Å²) in [6.45, 7) is 18.6. The van der Waals surface area contributed by atoms with Crippen molar-refractivity contribution in [1.82, 2.24) is 19.9 Å². The number of nitrogens with zero attached hydrogens (tertiary/aromatic N) is 4. The fourth-order valence-electron chi connectivity index (χ4n) is 19.5. The van der Waals surface area contributed by atoms with Gasteiger partial charge in [-0.2, -0.15) is 0 Å². The quantitative estimate of drug-likeness (QED) is 0.0266. The van der Waals surface area contributed by atoms with Gasteiger partial charge in [-0.1, -0.05) is 336 Å². The molecular formula is C100H140N4O8Si2.